The van der Waals surface area contributed by atoms with E-state index >= 15 is 0 Å². The minimum absolute atomic E-state index is 0.0398. The lowest BCUT2D eigenvalue weighted by Gasteiger charge is -2.15. The van der Waals surface area contributed by atoms with Crippen LogP contribution in [-0.4, -0.2) is 36.7 Å². The van der Waals surface area contributed by atoms with Crippen molar-refractivity contribution in [2.24, 2.45) is 0 Å². The van der Waals surface area contributed by atoms with Crippen LogP contribution < -0.4 is 5.32 Å². The van der Waals surface area contributed by atoms with E-state index < -0.39 is 12.1 Å². The summed E-state index contributed by atoms with van der Waals surface area (Å²) in [5.74, 6) is -1.63. The third-order valence-electron chi connectivity index (χ3n) is 2.71. The number of carbonyl (C=O) groups is 2. The van der Waals surface area contributed by atoms with E-state index in [9.17, 15) is 9.59 Å². The van der Waals surface area contributed by atoms with Crippen molar-refractivity contribution in [3.8, 4) is 0 Å². The summed E-state index contributed by atoms with van der Waals surface area (Å²) in [6.45, 7) is 1.73. The average Bonchev–Trinajstić information content (AvgIpc) is 2.39. The SMILES string of the molecule is COC(CNC(=O)[C@H](C)c1ccccc1)C(=O)O. The van der Waals surface area contributed by atoms with Gasteiger partial charge in [0.1, 0.15) is 0 Å². The normalized spacial score (nSPS) is 13.7. The van der Waals surface area contributed by atoms with Crippen LogP contribution in [0.15, 0.2) is 30.3 Å². The van der Waals surface area contributed by atoms with Gasteiger partial charge in [-0.2, -0.15) is 0 Å². The van der Waals surface area contributed by atoms with Gasteiger partial charge in [0.15, 0.2) is 6.10 Å². The number of nitrogens with one attached hydrogen (secondary N) is 1. The van der Waals surface area contributed by atoms with Gasteiger partial charge in [0.2, 0.25) is 5.91 Å². The molecule has 0 saturated heterocycles. The quantitative estimate of drug-likeness (QED) is 0.791. The molecule has 2 N–H and O–H groups in total. The molecule has 0 spiro atoms. The highest BCUT2D eigenvalue weighted by Crippen LogP contribution is 2.14. The van der Waals surface area contributed by atoms with E-state index in [0.29, 0.717) is 0 Å². The summed E-state index contributed by atoms with van der Waals surface area (Å²) < 4.78 is 4.73. The van der Waals surface area contributed by atoms with Gasteiger partial charge < -0.3 is 15.2 Å². The third-order valence-corrected chi connectivity index (χ3v) is 2.71. The van der Waals surface area contributed by atoms with E-state index in [1.165, 1.54) is 7.11 Å². The number of carboxylic acids is 1. The zero-order valence-corrected chi connectivity index (χ0v) is 10.4. The second-order valence-corrected chi connectivity index (χ2v) is 3.94. The minimum atomic E-state index is -1.09. The van der Waals surface area contributed by atoms with Crippen LogP contribution in [0.3, 0.4) is 0 Å². The van der Waals surface area contributed by atoms with Gasteiger partial charge in [-0.1, -0.05) is 30.3 Å². The van der Waals surface area contributed by atoms with Gasteiger partial charge in [-0.15, -0.1) is 0 Å². The highest BCUT2D eigenvalue weighted by Gasteiger charge is 2.20. The Labute approximate surface area is 106 Å². The molecule has 1 unspecified atom stereocenters. The number of hydrogen-bond donors (Lipinski definition) is 2. The van der Waals surface area contributed by atoms with Crippen molar-refractivity contribution >= 4 is 11.9 Å². The minimum Gasteiger partial charge on any atom is -0.479 e. The number of carbonyl (C=O) groups excluding carboxylic acids is 1. The molecule has 0 saturated carbocycles. The van der Waals surface area contributed by atoms with Crippen LogP contribution >= 0.6 is 0 Å². The molecule has 18 heavy (non-hydrogen) atoms. The van der Waals surface area contributed by atoms with E-state index in [2.05, 4.69) is 5.32 Å². The molecule has 5 heteroatoms. The average molecular weight is 251 g/mol. The molecule has 0 heterocycles. The molecule has 0 radical (unpaired) electrons. The Morgan fingerprint density at radius 1 is 1.33 bits per heavy atom. The third kappa shape index (κ3) is 3.85. The van der Waals surface area contributed by atoms with E-state index in [1.54, 1.807) is 6.92 Å². The summed E-state index contributed by atoms with van der Waals surface area (Å²) >= 11 is 0. The van der Waals surface area contributed by atoms with Crippen LogP contribution in [0.4, 0.5) is 0 Å². The fourth-order valence-electron chi connectivity index (χ4n) is 1.51. The van der Waals surface area contributed by atoms with Crippen molar-refractivity contribution in [3.05, 3.63) is 35.9 Å². The monoisotopic (exact) mass is 251 g/mol. The topological polar surface area (TPSA) is 75.6 Å². The van der Waals surface area contributed by atoms with Crippen molar-refractivity contribution in [3.63, 3.8) is 0 Å². The lowest BCUT2D eigenvalue weighted by Crippen LogP contribution is -2.39. The fraction of sp³-hybridized carbons (Fsp3) is 0.385. The highest BCUT2D eigenvalue weighted by molar-refractivity contribution is 5.84. The van der Waals surface area contributed by atoms with Gasteiger partial charge in [-0.3, -0.25) is 4.79 Å². The second-order valence-electron chi connectivity index (χ2n) is 3.94. The standard InChI is InChI=1S/C13H17NO4/c1-9(10-6-4-3-5-7-10)12(15)14-8-11(18-2)13(16)17/h3-7,9,11H,8H2,1-2H3,(H,14,15)(H,16,17)/t9-,11?/m1/s1. The molecular formula is C13H17NO4. The lowest BCUT2D eigenvalue weighted by molar-refractivity contribution is -0.148. The zero-order chi connectivity index (χ0) is 13.5. The Hall–Kier alpha value is -1.88. The molecule has 2 atom stereocenters. The molecule has 1 amide bonds. The molecule has 1 aromatic rings. The molecular weight excluding hydrogens is 234 g/mol. The van der Waals surface area contributed by atoms with Crippen LogP contribution in [0, 0.1) is 0 Å². The second kappa shape index (κ2) is 6.76. The number of methoxy groups -OCH3 is 1. The first-order valence-corrected chi connectivity index (χ1v) is 5.64. The first-order chi connectivity index (χ1) is 8.56. The van der Waals surface area contributed by atoms with Crippen LogP contribution in [0.25, 0.3) is 0 Å². The van der Waals surface area contributed by atoms with E-state index in [4.69, 9.17) is 9.84 Å². The van der Waals surface area contributed by atoms with Crippen molar-refractivity contribution in [1.29, 1.82) is 0 Å². The van der Waals surface area contributed by atoms with E-state index in [0.717, 1.165) is 5.56 Å². The molecule has 0 aromatic heterocycles. The summed E-state index contributed by atoms with van der Waals surface area (Å²) in [5, 5.41) is 11.3. The summed E-state index contributed by atoms with van der Waals surface area (Å²) in [7, 11) is 1.30. The van der Waals surface area contributed by atoms with E-state index in [-0.39, 0.29) is 18.4 Å². The predicted octanol–water partition coefficient (Wildman–Crippen LogP) is 1.01. The Morgan fingerprint density at radius 2 is 1.94 bits per heavy atom. The number of hydrogen-bond acceptors (Lipinski definition) is 3. The Kier molecular flexibility index (Phi) is 5.32. The zero-order valence-electron chi connectivity index (χ0n) is 10.4. The number of benzene rings is 1. The smallest absolute Gasteiger partial charge is 0.334 e. The number of carboxylic acid groups (broad SMARTS) is 1. The van der Waals surface area contributed by atoms with Crippen LogP contribution in [0.1, 0.15) is 18.4 Å². The van der Waals surface area contributed by atoms with Gasteiger partial charge in [-0.05, 0) is 12.5 Å². The van der Waals surface area contributed by atoms with Crippen molar-refractivity contribution in [1.82, 2.24) is 5.32 Å². The van der Waals surface area contributed by atoms with Crippen molar-refractivity contribution in [2.75, 3.05) is 13.7 Å². The number of rotatable bonds is 6. The van der Waals surface area contributed by atoms with Gasteiger partial charge in [0.25, 0.3) is 0 Å². The van der Waals surface area contributed by atoms with Gasteiger partial charge >= 0.3 is 5.97 Å². The summed E-state index contributed by atoms with van der Waals surface area (Å²) in [4.78, 5) is 22.5. The molecule has 0 aliphatic rings. The van der Waals surface area contributed by atoms with Crippen molar-refractivity contribution < 1.29 is 19.4 Å². The number of ether oxygens (including phenoxy) is 1. The highest BCUT2D eigenvalue weighted by atomic mass is 16.5. The Balaban J connectivity index is 2.53. The maximum Gasteiger partial charge on any atom is 0.334 e. The largest absolute Gasteiger partial charge is 0.479 e. The molecule has 0 bridgehead atoms. The van der Waals surface area contributed by atoms with Crippen LogP contribution in [0.5, 0.6) is 0 Å². The summed E-state index contributed by atoms with van der Waals surface area (Å²) in [5.41, 5.74) is 0.888. The lowest BCUT2D eigenvalue weighted by atomic mass is 10.0. The molecule has 98 valence electrons. The van der Waals surface area contributed by atoms with Crippen LogP contribution in [0.2, 0.25) is 0 Å². The van der Waals surface area contributed by atoms with E-state index in [1.807, 2.05) is 30.3 Å². The fourth-order valence-corrected chi connectivity index (χ4v) is 1.51. The Bertz CT molecular complexity index is 405. The van der Waals surface area contributed by atoms with Crippen LogP contribution in [-0.2, 0) is 14.3 Å². The Morgan fingerprint density at radius 3 is 2.44 bits per heavy atom. The van der Waals surface area contributed by atoms with Gasteiger partial charge in [0, 0.05) is 7.11 Å². The summed E-state index contributed by atoms with van der Waals surface area (Å²) in [6.07, 6.45) is -1.02. The first kappa shape index (κ1) is 14.2. The maximum atomic E-state index is 11.8. The number of amides is 1. The molecule has 1 aromatic carbocycles. The van der Waals surface area contributed by atoms with Gasteiger partial charge in [0.05, 0.1) is 12.5 Å². The maximum absolute atomic E-state index is 11.8. The molecule has 0 aliphatic heterocycles. The molecule has 1 rings (SSSR count). The van der Waals surface area contributed by atoms with Crippen molar-refractivity contribution in [2.45, 2.75) is 18.9 Å². The number of aliphatic carboxylic acids is 1. The molecule has 0 fully saturated rings. The first-order valence-electron chi connectivity index (χ1n) is 5.64. The van der Waals surface area contributed by atoms with Gasteiger partial charge in [-0.25, -0.2) is 4.79 Å². The summed E-state index contributed by atoms with van der Waals surface area (Å²) in [6, 6.07) is 9.30. The predicted molar refractivity (Wildman–Crippen MR) is 66.3 cm³/mol. The molecule has 5 nitrogen and oxygen atoms in total. The molecule has 0 aliphatic carbocycles.